The first-order valence-electron chi connectivity index (χ1n) is 6.51. The molecule has 1 aliphatic rings. The fraction of sp³-hybridized carbons (Fsp3) is 0.500. The Morgan fingerprint density at radius 3 is 2.83 bits per heavy atom. The van der Waals surface area contributed by atoms with Crippen molar-refractivity contribution in [1.82, 2.24) is 10.2 Å². The van der Waals surface area contributed by atoms with Crippen LogP contribution in [0.2, 0.25) is 0 Å². The molecule has 1 amide bonds. The molecule has 98 valence electrons. The molecule has 0 radical (unpaired) electrons. The topological polar surface area (TPSA) is 32.3 Å². The van der Waals surface area contributed by atoms with Crippen molar-refractivity contribution >= 4 is 18.5 Å². The average Bonchev–Trinajstić information content (AvgIpc) is 2.39. The molecule has 0 spiro atoms. The van der Waals surface area contributed by atoms with Crippen LogP contribution in [0.25, 0.3) is 0 Å². The Bertz CT molecular complexity index is 405. The van der Waals surface area contributed by atoms with E-state index >= 15 is 0 Å². The van der Waals surface area contributed by atoms with Gasteiger partial charge in [0.15, 0.2) is 0 Å². The standard InChI is InChI=1S/C14H20N2OS/c1-2-16-9-3-4-12(10-16)15-14(17)11-5-7-13(18)8-6-11/h5-8,12,18H,2-4,9-10H2,1H3,(H,15,17). The molecule has 1 aromatic rings. The molecule has 0 aromatic heterocycles. The van der Waals surface area contributed by atoms with Gasteiger partial charge in [-0.05, 0) is 50.2 Å². The number of benzene rings is 1. The minimum Gasteiger partial charge on any atom is -0.348 e. The van der Waals surface area contributed by atoms with Gasteiger partial charge in [0.2, 0.25) is 0 Å². The molecule has 0 saturated carbocycles. The summed E-state index contributed by atoms with van der Waals surface area (Å²) in [6, 6.07) is 7.60. The van der Waals surface area contributed by atoms with Gasteiger partial charge in [0.05, 0.1) is 0 Å². The zero-order valence-electron chi connectivity index (χ0n) is 10.7. The molecule has 0 bridgehead atoms. The summed E-state index contributed by atoms with van der Waals surface area (Å²) in [6.07, 6.45) is 2.24. The lowest BCUT2D eigenvalue weighted by atomic mass is 10.1. The summed E-state index contributed by atoms with van der Waals surface area (Å²) in [7, 11) is 0. The zero-order valence-corrected chi connectivity index (χ0v) is 11.6. The third-order valence-electron chi connectivity index (χ3n) is 3.42. The molecule has 4 heteroatoms. The van der Waals surface area contributed by atoms with E-state index in [9.17, 15) is 4.79 Å². The summed E-state index contributed by atoms with van der Waals surface area (Å²) in [5.41, 5.74) is 0.710. The molecule has 3 nitrogen and oxygen atoms in total. The predicted octanol–water partition coefficient (Wildman–Crippen LogP) is 2.19. The van der Waals surface area contributed by atoms with Crippen molar-refractivity contribution in [2.75, 3.05) is 19.6 Å². The molecule has 1 heterocycles. The van der Waals surface area contributed by atoms with Crippen molar-refractivity contribution in [1.29, 1.82) is 0 Å². The van der Waals surface area contributed by atoms with Gasteiger partial charge in [-0.1, -0.05) is 6.92 Å². The number of thiol groups is 1. The van der Waals surface area contributed by atoms with Gasteiger partial charge >= 0.3 is 0 Å². The lowest BCUT2D eigenvalue weighted by molar-refractivity contribution is 0.0906. The van der Waals surface area contributed by atoms with Crippen LogP contribution in [-0.4, -0.2) is 36.5 Å². The van der Waals surface area contributed by atoms with Crippen LogP contribution >= 0.6 is 12.6 Å². The van der Waals surface area contributed by atoms with E-state index in [1.54, 1.807) is 0 Å². The normalized spacial score (nSPS) is 20.7. The van der Waals surface area contributed by atoms with Crippen LogP contribution in [0.3, 0.4) is 0 Å². The van der Waals surface area contributed by atoms with E-state index in [1.165, 1.54) is 0 Å². The largest absolute Gasteiger partial charge is 0.348 e. The first-order chi connectivity index (χ1) is 8.69. The molecule has 1 aliphatic heterocycles. The Kier molecular flexibility index (Phi) is 4.66. The van der Waals surface area contributed by atoms with Crippen LogP contribution in [0.15, 0.2) is 29.2 Å². The molecule has 2 rings (SSSR count). The number of hydrogen-bond acceptors (Lipinski definition) is 3. The summed E-state index contributed by atoms with van der Waals surface area (Å²) in [6.45, 7) is 5.33. The lowest BCUT2D eigenvalue weighted by Gasteiger charge is -2.32. The maximum atomic E-state index is 12.1. The van der Waals surface area contributed by atoms with E-state index in [-0.39, 0.29) is 11.9 Å². The maximum Gasteiger partial charge on any atom is 0.251 e. The monoisotopic (exact) mass is 264 g/mol. The van der Waals surface area contributed by atoms with Crippen molar-refractivity contribution in [2.45, 2.75) is 30.7 Å². The van der Waals surface area contributed by atoms with Crippen LogP contribution < -0.4 is 5.32 Å². The van der Waals surface area contributed by atoms with Gasteiger partial charge in [-0.3, -0.25) is 4.79 Å². The van der Waals surface area contributed by atoms with Gasteiger partial charge in [0.1, 0.15) is 0 Å². The predicted molar refractivity (Wildman–Crippen MR) is 76.3 cm³/mol. The van der Waals surface area contributed by atoms with Gasteiger partial charge in [-0.2, -0.15) is 0 Å². The van der Waals surface area contributed by atoms with E-state index in [0.29, 0.717) is 5.56 Å². The third kappa shape index (κ3) is 3.50. The van der Waals surface area contributed by atoms with E-state index in [0.717, 1.165) is 37.4 Å². The Morgan fingerprint density at radius 2 is 2.17 bits per heavy atom. The number of carbonyl (C=O) groups is 1. The van der Waals surface area contributed by atoms with Crippen molar-refractivity contribution in [3.63, 3.8) is 0 Å². The SMILES string of the molecule is CCN1CCCC(NC(=O)c2ccc(S)cc2)C1. The minimum absolute atomic E-state index is 0.0197. The highest BCUT2D eigenvalue weighted by atomic mass is 32.1. The number of rotatable bonds is 3. The average molecular weight is 264 g/mol. The Hall–Kier alpha value is -1.00. The summed E-state index contributed by atoms with van der Waals surface area (Å²) in [4.78, 5) is 15.3. The van der Waals surface area contributed by atoms with Gasteiger partial charge < -0.3 is 10.2 Å². The fourth-order valence-electron chi connectivity index (χ4n) is 2.34. The number of likely N-dealkylation sites (N-methyl/N-ethyl adjacent to an activating group) is 1. The molecule has 1 unspecified atom stereocenters. The second-order valence-corrected chi connectivity index (χ2v) is 5.27. The van der Waals surface area contributed by atoms with E-state index < -0.39 is 0 Å². The van der Waals surface area contributed by atoms with Crippen LogP contribution in [-0.2, 0) is 0 Å². The number of hydrogen-bond donors (Lipinski definition) is 2. The highest BCUT2D eigenvalue weighted by molar-refractivity contribution is 7.80. The smallest absolute Gasteiger partial charge is 0.251 e. The van der Waals surface area contributed by atoms with Crippen molar-refractivity contribution in [3.8, 4) is 0 Å². The molecule has 1 saturated heterocycles. The second kappa shape index (κ2) is 6.25. The molecule has 1 atom stereocenters. The fourth-order valence-corrected chi connectivity index (χ4v) is 2.49. The van der Waals surface area contributed by atoms with E-state index in [1.807, 2.05) is 24.3 Å². The quantitative estimate of drug-likeness (QED) is 0.820. The number of amides is 1. The molecular weight excluding hydrogens is 244 g/mol. The summed E-state index contributed by atoms with van der Waals surface area (Å²) in [5.74, 6) is 0.0197. The summed E-state index contributed by atoms with van der Waals surface area (Å²) < 4.78 is 0. The van der Waals surface area contributed by atoms with Crippen LogP contribution in [0.5, 0.6) is 0 Å². The van der Waals surface area contributed by atoms with Gasteiger partial charge in [-0.15, -0.1) is 12.6 Å². The van der Waals surface area contributed by atoms with Crippen LogP contribution in [0.4, 0.5) is 0 Å². The number of nitrogens with one attached hydrogen (secondary N) is 1. The molecule has 1 N–H and O–H groups in total. The van der Waals surface area contributed by atoms with Gasteiger partial charge in [0.25, 0.3) is 5.91 Å². The van der Waals surface area contributed by atoms with Crippen molar-refractivity contribution in [2.24, 2.45) is 0 Å². The van der Waals surface area contributed by atoms with Gasteiger partial charge in [0, 0.05) is 23.0 Å². The molecule has 1 fully saturated rings. The lowest BCUT2D eigenvalue weighted by Crippen LogP contribution is -2.47. The number of carbonyl (C=O) groups excluding carboxylic acids is 1. The Balaban J connectivity index is 1.92. The maximum absolute atomic E-state index is 12.1. The molecule has 18 heavy (non-hydrogen) atoms. The Labute approximate surface area is 114 Å². The highest BCUT2D eigenvalue weighted by Crippen LogP contribution is 2.12. The first kappa shape index (κ1) is 13.4. The second-order valence-electron chi connectivity index (χ2n) is 4.75. The van der Waals surface area contributed by atoms with Crippen molar-refractivity contribution in [3.05, 3.63) is 29.8 Å². The first-order valence-corrected chi connectivity index (χ1v) is 6.96. The molecule has 1 aromatic carbocycles. The number of likely N-dealkylation sites (tertiary alicyclic amines) is 1. The van der Waals surface area contributed by atoms with E-state index in [4.69, 9.17) is 0 Å². The molecule has 0 aliphatic carbocycles. The molecular formula is C14H20N2OS. The minimum atomic E-state index is 0.0197. The van der Waals surface area contributed by atoms with Crippen molar-refractivity contribution < 1.29 is 4.79 Å². The van der Waals surface area contributed by atoms with Crippen LogP contribution in [0.1, 0.15) is 30.1 Å². The summed E-state index contributed by atoms with van der Waals surface area (Å²) in [5, 5.41) is 3.11. The number of nitrogens with zero attached hydrogens (tertiary/aromatic N) is 1. The van der Waals surface area contributed by atoms with Gasteiger partial charge in [-0.25, -0.2) is 0 Å². The third-order valence-corrected chi connectivity index (χ3v) is 3.72. The zero-order chi connectivity index (χ0) is 13.0. The highest BCUT2D eigenvalue weighted by Gasteiger charge is 2.20. The van der Waals surface area contributed by atoms with Crippen LogP contribution in [0, 0.1) is 0 Å². The van der Waals surface area contributed by atoms with E-state index in [2.05, 4.69) is 29.8 Å². The Morgan fingerprint density at radius 1 is 1.44 bits per heavy atom. The number of piperidine rings is 1. The summed E-state index contributed by atoms with van der Waals surface area (Å²) >= 11 is 4.22.